The molecule has 0 aliphatic carbocycles. The number of hydrogen-bond donors (Lipinski definition) is 4. The summed E-state index contributed by atoms with van der Waals surface area (Å²) in [6.45, 7) is 6.33. The van der Waals surface area contributed by atoms with Gasteiger partial charge in [0.05, 0.1) is 11.4 Å². The summed E-state index contributed by atoms with van der Waals surface area (Å²) in [6, 6.07) is 20.5. The van der Waals surface area contributed by atoms with Crippen molar-refractivity contribution in [1.82, 2.24) is 0 Å². The maximum Gasteiger partial charge on any atom is 0.243 e. The molecule has 0 fully saturated rings. The fourth-order valence-electron chi connectivity index (χ4n) is 3.49. The molecule has 0 aliphatic heterocycles. The molecule has 8 nitrogen and oxygen atoms in total. The van der Waals surface area contributed by atoms with Gasteiger partial charge in [-0.15, -0.1) is 0 Å². The summed E-state index contributed by atoms with van der Waals surface area (Å²) in [5.41, 5.74) is 9.51. The maximum absolute atomic E-state index is 12.8. The number of carbonyl (C=O) groups excluding carboxylic acids is 1. The van der Waals surface area contributed by atoms with E-state index in [9.17, 15) is 13.2 Å². The summed E-state index contributed by atoms with van der Waals surface area (Å²) >= 11 is 0. The summed E-state index contributed by atoms with van der Waals surface area (Å²) in [7, 11) is -3.87. The third-order valence-corrected chi connectivity index (χ3v) is 5.96. The lowest BCUT2D eigenvalue weighted by molar-refractivity contribution is -0.115. The van der Waals surface area contributed by atoms with Crippen LogP contribution in [0.3, 0.4) is 0 Å². The third kappa shape index (κ3) is 6.31. The number of anilines is 2. The van der Waals surface area contributed by atoms with E-state index in [1.807, 2.05) is 17.9 Å². The molecule has 0 atom stereocenters. The lowest BCUT2D eigenvalue weighted by Gasteiger charge is -2.25. The molecule has 9 heteroatoms. The highest BCUT2D eigenvalue weighted by Crippen LogP contribution is 2.27. The molecular weight excluding hydrogens is 450 g/mol. The molecule has 0 saturated carbocycles. The number of amidine groups is 1. The van der Waals surface area contributed by atoms with Crippen LogP contribution in [0.25, 0.3) is 11.1 Å². The Labute approximate surface area is 199 Å². The van der Waals surface area contributed by atoms with Gasteiger partial charge in [0.15, 0.2) is 0 Å². The standard InChI is InChI=1S/C25H27N5O3S/c1-17(2)15-30(21-7-5-6-19(14-21)25(26)27)16-24(31)29-20-12-10-18(11-13-20)22-8-3-4-9-23(22)34(28,32)33/h3-14H,1,15-16H2,2H3,(H3,26,27)(H,29,31)(H2,28,32,33). The number of hydrogen-bond acceptors (Lipinski definition) is 5. The van der Waals surface area contributed by atoms with Crippen LogP contribution in [0.2, 0.25) is 0 Å². The molecule has 3 aromatic rings. The van der Waals surface area contributed by atoms with Crippen LogP contribution in [0.5, 0.6) is 0 Å². The van der Waals surface area contributed by atoms with Crippen LogP contribution < -0.4 is 21.1 Å². The van der Waals surface area contributed by atoms with Crippen molar-refractivity contribution in [2.75, 3.05) is 23.3 Å². The largest absolute Gasteiger partial charge is 0.384 e. The Kier molecular flexibility index (Phi) is 7.50. The molecule has 0 bridgehead atoms. The van der Waals surface area contributed by atoms with Crippen molar-refractivity contribution in [2.24, 2.45) is 10.9 Å². The number of rotatable bonds is 9. The maximum atomic E-state index is 12.8. The van der Waals surface area contributed by atoms with E-state index in [0.29, 0.717) is 28.9 Å². The Morgan fingerprint density at radius 1 is 1.03 bits per heavy atom. The number of primary sulfonamides is 1. The van der Waals surface area contributed by atoms with E-state index in [2.05, 4.69) is 11.9 Å². The average molecular weight is 478 g/mol. The Morgan fingerprint density at radius 2 is 1.71 bits per heavy atom. The molecule has 0 spiro atoms. The van der Waals surface area contributed by atoms with Gasteiger partial charge in [-0.2, -0.15) is 0 Å². The first-order chi connectivity index (χ1) is 16.0. The molecule has 0 aromatic heterocycles. The van der Waals surface area contributed by atoms with Gasteiger partial charge in [-0.25, -0.2) is 13.6 Å². The number of benzene rings is 3. The van der Waals surface area contributed by atoms with Crippen LogP contribution in [0, 0.1) is 5.41 Å². The lowest BCUT2D eigenvalue weighted by atomic mass is 10.1. The molecule has 0 unspecified atom stereocenters. The fraction of sp³-hybridized carbons (Fsp3) is 0.120. The molecule has 176 valence electrons. The van der Waals surface area contributed by atoms with Gasteiger partial charge in [0.1, 0.15) is 5.84 Å². The van der Waals surface area contributed by atoms with Crippen molar-refractivity contribution in [1.29, 1.82) is 5.41 Å². The number of nitrogens with one attached hydrogen (secondary N) is 2. The van der Waals surface area contributed by atoms with Gasteiger partial charge < -0.3 is 16.0 Å². The molecule has 34 heavy (non-hydrogen) atoms. The first kappa shape index (κ1) is 24.7. The van der Waals surface area contributed by atoms with Gasteiger partial charge in [-0.3, -0.25) is 10.2 Å². The van der Waals surface area contributed by atoms with Crippen molar-refractivity contribution in [2.45, 2.75) is 11.8 Å². The molecular formula is C25H27N5O3S. The normalized spacial score (nSPS) is 11.0. The van der Waals surface area contributed by atoms with E-state index in [1.54, 1.807) is 60.7 Å². The second-order valence-electron chi connectivity index (χ2n) is 7.94. The van der Waals surface area contributed by atoms with Gasteiger partial charge in [0.2, 0.25) is 15.9 Å². The monoisotopic (exact) mass is 477 g/mol. The second kappa shape index (κ2) is 10.3. The van der Waals surface area contributed by atoms with Gasteiger partial charge in [0.25, 0.3) is 0 Å². The summed E-state index contributed by atoms with van der Waals surface area (Å²) in [5, 5.41) is 15.8. The summed E-state index contributed by atoms with van der Waals surface area (Å²) < 4.78 is 23.8. The van der Waals surface area contributed by atoms with Crippen molar-refractivity contribution >= 4 is 33.1 Å². The summed E-state index contributed by atoms with van der Waals surface area (Å²) in [5.74, 6) is -0.294. The van der Waals surface area contributed by atoms with Crippen molar-refractivity contribution in [3.8, 4) is 11.1 Å². The molecule has 0 aliphatic rings. The third-order valence-electron chi connectivity index (χ3n) is 4.99. The minimum absolute atomic E-state index is 0.0370. The Bertz CT molecular complexity index is 1330. The van der Waals surface area contributed by atoms with E-state index in [4.69, 9.17) is 16.3 Å². The van der Waals surface area contributed by atoms with E-state index in [0.717, 1.165) is 11.3 Å². The number of amides is 1. The molecule has 0 heterocycles. The van der Waals surface area contributed by atoms with Crippen molar-refractivity contribution < 1.29 is 13.2 Å². The number of nitrogens with two attached hydrogens (primary N) is 2. The first-order valence-corrected chi connectivity index (χ1v) is 11.9. The van der Waals surface area contributed by atoms with Crippen LogP contribution in [0.1, 0.15) is 12.5 Å². The Morgan fingerprint density at radius 3 is 2.32 bits per heavy atom. The molecule has 3 aromatic carbocycles. The first-order valence-electron chi connectivity index (χ1n) is 10.4. The van der Waals surface area contributed by atoms with Crippen LogP contribution >= 0.6 is 0 Å². The minimum atomic E-state index is -3.87. The summed E-state index contributed by atoms with van der Waals surface area (Å²) in [6.07, 6.45) is 0. The SMILES string of the molecule is C=C(C)CN(CC(=O)Nc1ccc(-c2ccccc2S(N)(=O)=O)cc1)c1cccc(C(=N)N)c1. The highest BCUT2D eigenvalue weighted by Gasteiger charge is 2.16. The van der Waals surface area contributed by atoms with E-state index >= 15 is 0 Å². The molecule has 6 N–H and O–H groups in total. The zero-order chi connectivity index (χ0) is 24.9. The van der Waals surface area contributed by atoms with E-state index in [-0.39, 0.29) is 23.2 Å². The predicted octanol–water partition coefficient (Wildman–Crippen LogP) is 3.31. The number of nitrogen functional groups attached to an aromatic ring is 1. The highest BCUT2D eigenvalue weighted by molar-refractivity contribution is 7.89. The number of sulfonamides is 1. The molecule has 3 rings (SSSR count). The lowest BCUT2D eigenvalue weighted by Crippen LogP contribution is -2.34. The van der Waals surface area contributed by atoms with Crippen molar-refractivity contribution in [3.63, 3.8) is 0 Å². The predicted molar refractivity (Wildman–Crippen MR) is 136 cm³/mol. The van der Waals surface area contributed by atoms with E-state index in [1.165, 1.54) is 6.07 Å². The van der Waals surface area contributed by atoms with E-state index < -0.39 is 10.0 Å². The highest BCUT2D eigenvalue weighted by atomic mass is 32.2. The fourth-order valence-corrected chi connectivity index (χ4v) is 4.26. The molecule has 0 saturated heterocycles. The average Bonchev–Trinajstić information content (AvgIpc) is 2.78. The van der Waals surface area contributed by atoms with Crippen LogP contribution in [-0.2, 0) is 14.8 Å². The quantitative estimate of drug-likeness (QED) is 0.212. The second-order valence-corrected chi connectivity index (χ2v) is 9.47. The number of nitrogens with zero attached hydrogens (tertiary/aromatic N) is 1. The van der Waals surface area contributed by atoms with Crippen LogP contribution in [-0.4, -0.2) is 33.3 Å². The Hall–Kier alpha value is -3.95. The van der Waals surface area contributed by atoms with Crippen molar-refractivity contribution in [3.05, 3.63) is 90.5 Å². The number of carbonyl (C=O) groups is 1. The van der Waals surface area contributed by atoms with Crippen LogP contribution in [0.15, 0.2) is 89.8 Å². The van der Waals surface area contributed by atoms with Gasteiger partial charge in [-0.1, -0.05) is 54.6 Å². The smallest absolute Gasteiger partial charge is 0.243 e. The van der Waals surface area contributed by atoms with Crippen LogP contribution in [0.4, 0.5) is 11.4 Å². The minimum Gasteiger partial charge on any atom is -0.384 e. The Balaban J connectivity index is 1.77. The molecule has 1 amide bonds. The topological polar surface area (TPSA) is 142 Å². The van der Waals surface area contributed by atoms with Gasteiger partial charge >= 0.3 is 0 Å². The van der Waals surface area contributed by atoms with Gasteiger partial charge in [-0.05, 0) is 42.8 Å². The zero-order valence-corrected chi connectivity index (χ0v) is 19.6. The summed E-state index contributed by atoms with van der Waals surface area (Å²) in [4.78, 5) is 14.7. The zero-order valence-electron chi connectivity index (χ0n) is 18.8. The molecule has 0 radical (unpaired) electrons. The van der Waals surface area contributed by atoms with Gasteiger partial charge in [0, 0.05) is 29.0 Å².